The lowest BCUT2D eigenvalue weighted by molar-refractivity contribution is 0.100. The number of benzene rings is 2. The van der Waals surface area contributed by atoms with Gasteiger partial charge in [-0.05, 0) is 55.1 Å². The average Bonchev–Trinajstić information content (AvgIpc) is 3.21. The van der Waals surface area contributed by atoms with Crippen LogP contribution in [0.15, 0.2) is 70.9 Å². The molecule has 0 saturated heterocycles. The normalized spacial score (nSPS) is 11.6. The highest BCUT2D eigenvalue weighted by atomic mass is 32.2. The van der Waals surface area contributed by atoms with Crippen molar-refractivity contribution in [3.05, 3.63) is 82.7 Å². The molecule has 0 aliphatic rings. The number of thiophene rings is 1. The molecule has 3 N–H and O–H groups in total. The van der Waals surface area contributed by atoms with Crippen molar-refractivity contribution in [3.63, 3.8) is 0 Å². The number of nitrogens with zero attached hydrogens (tertiary/aromatic N) is 1. The molecule has 2 amide bonds. The zero-order chi connectivity index (χ0) is 22.6. The molecule has 0 saturated carbocycles. The van der Waals surface area contributed by atoms with E-state index < -0.39 is 21.8 Å². The summed E-state index contributed by atoms with van der Waals surface area (Å²) < 4.78 is 27.8. The number of carbonyl (C=O) groups excluding carboxylic acids is 2. The van der Waals surface area contributed by atoms with E-state index in [1.54, 1.807) is 5.38 Å². The van der Waals surface area contributed by atoms with Crippen LogP contribution in [0.25, 0.3) is 0 Å². The van der Waals surface area contributed by atoms with Gasteiger partial charge in [0.1, 0.15) is 5.00 Å². The number of hydrogen-bond donors (Lipinski definition) is 2. The van der Waals surface area contributed by atoms with Crippen LogP contribution in [-0.4, -0.2) is 30.6 Å². The van der Waals surface area contributed by atoms with E-state index in [1.165, 1.54) is 46.0 Å². The number of nitrogens with two attached hydrogens (primary N) is 1. The molecule has 31 heavy (non-hydrogen) atoms. The van der Waals surface area contributed by atoms with Crippen molar-refractivity contribution in [3.8, 4) is 0 Å². The summed E-state index contributed by atoms with van der Waals surface area (Å²) in [7, 11) is -3.77. The zero-order valence-corrected chi connectivity index (χ0v) is 18.7. The molecule has 3 rings (SSSR count). The lowest BCUT2D eigenvalue weighted by Crippen LogP contribution is -2.36. The standard InChI is InChI=1S/C22H23N3O4S2/c1-15(2)25(14-16-6-4-3-5-7-16)31(28,29)18-10-8-17(9-11-18)21(27)24-22-19(20(23)26)12-13-30-22/h3-13,15H,14H2,1-2H3,(H2,23,26)(H,24,27). The van der Waals surface area contributed by atoms with Crippen LogP contribution in [0.2, 0.25) is 0 Å². The number of amides is 2. The number of primary amides is 1. The lowest BCUT2D eigenvalue weighted by atomic mass is 10.2. The summed E-state index contributed by atoms with van der Waals surface area (Å²) in [5.74, 6) is -1.09. The molecule has 1 aromatic heterocycles. The number of carbonyl (C=O) groups is 2. The van der Waals surface area contributed by atoms with Crippen molar-refractivity contribution in [2.24, 2.45) is 5.73 Å². The molecule has 2 aromatic carbocycles. The van der Waals surface area contributed by atoms with Gasteiger partial charge in [0.25, 0.3) is 11.8 Å². The van der Waals surface area contributed by atoms with Gasteiger partial charge in [-0.15, -0.1) is 11.3 Å². The Labute approximate surface area is 185 Å². The van der Waals surface area contributed by atoms with Crippen LogP contribution in [0.4, 0.5) is 5.00 Å². The predicted molar refractivity (Wildman–Crippen MR) is 122 cm³/mol. The third kappa shape index (κ3) is 5.19. The van der Waals surface area contributed by atoms with Gasteiger partial charge in [0.15, 0.2) is 0 Å². The van der Waals surface area contributed by atoms with Crippen molar-refractivity contribution in [1.29, 1.82) is 0 Å². The Balaban J connectivity index is 1.80. The largest absolute Gasteiger partial charge is 0.366 e. The lowest BCUT2D eigenvalue weighted by Gasteiger charge is -2.26. The van der Waals surface area contributed by atoms with E-state index in [4.69, 9.17) is 5.73 Å². The molecule has 3 aromatic rings. The Hall–Kier alpha value is -3.01. The number of anilines is 1. The maximum atomic E-state index is 13.2. The minimum Gasteiger partial charge on any atom is -0.366 e. The van der Waals surface area contributed by atoms with Gasteiger partial charge in [0.2, 0.25) is 10.0 Å². The summed E-state index contributed by atoms with van der Waals surface area (Å²) in [6.45, 7) is 3.89. The first-order chi connectivity index (χ1) is 14.7. The van der Waals surface area contributed by atoms with Gasteiger partial charge in [-0.25, -0.2) is 8.42 Å². The van der Waals surface area contributed by atoms with Crippen LogP contribution in [0.5, 0.6) is 0 Å². The quantitative estimate of drug-likeness (QED) is 0.537. The van der Waals surface area contributed by atoms with Crippen LogP contribution in [-0.2, 0) is 16.6 Å². The highest BCUT2D eigenvalue weighted by Crippen LogP contribution is 2.25. The molecule has 0 atom stereocenters. The topological polar surface area (TPSA) is 110 Å². The monoisotopic (exact) mass is 457 g/mol. The second-order valence-corrected chi connectivity index (χ2v) is 9.94. The van der Waals surface area contributed by atoms with Gasteiger partial charge in [-0.1, -0.05) is 30.3 Å². The molecule has 0 aliphatic carbocycles. The third-order valence-corrected chi connectivity index (χ3v) is 7.50. The van der Waals surface area contributed by atoms with Crippen molar-refractivity contribution in [1.82, 2.24) is 4.31 Å². The maximum Gasteiger partial charge on any atom is 0.256 e. The summed E-state index contributed by atoms with van der Waals surface area (Å²) >= 11 is 1.18. The summed E-state index contributed by atoms with van der Waals surface area (Å²) in [5, 5.41) is 4.64. The van der Waals surface area contributed by atoms with Crippen LogP contribution < -0.4 is 11.1 Å². The fraction of sp³-hybridized carbons (Fsp3) is 0.182. The molecule has 1 heterocycles. The van der Waals surface area contributed by atoms with Crippen molar-refractivity contribution < 1.29 is 18.0 Å². The predicted octanol–water partition coefficient (Wildman–Crippen LogP) is 3.70. The molecule has 0 radical (unpaired) electrons. The molecule has 7 nitrogen and oxygen atoms in total. The van der Waals surface area contributed by atoms with Crippen LogP contribution >= 0.6 is 11.3 Å². The smallest absolute Gasteiger partial charge is 0.256 e. The van der Waals surface area contributed by atoms with Gasteiger partial charge in [0.05, 0.1) is 10.5 Å². The van der Waals surface area contributed by atoms with Crippen molar-refractivity contribution in [2.45, 2.75) is 31.3 Å². The molecule has 0 spiro atoms. The number of rotatable bonds is 8. The second-order valence-electron chi connectivity index (χ2n) is 7.14. The molecular weight excluding hydrogens is 434 g/mol. The fourth-order valence-corrected chi connectivity index (χ4v) is 5.41. The van der Waals surface area contributed by atoms with Crippen LogP contribution in [0.3, 0.4) is 0 Å². The average molecular weight is 458 g/mol. The Bertz CT molecular complexity index is 1170. The minimum absolute atomic E-state index is 0.0997. The summed E-state index contributed by atoms with van der Waals surface area (Å²) in [4.78, 5) is 24.0. The molecule has 0 bridgehead atoms. The summed E-state index contributed by atoms with van der Waals surface area (Å²) in [6.07, 6.45) is 0. The van der Waals surface area contributed by atoms with Gasteiger partial charge in [0, 0.05) is 18.2 Å². The zero-order valence-electron chi connectivity index (χ0n) is 17.1. The summed E-state index contributed by atoms with van der Waals surface area (Å²) in [6, 6.07) is 16.4. The highest BCUT2D eigenvalue weighted by Gasteiger charge is 2.27. The number of sulfonamides is 1. The van der Waals surface area contributed by atoms with Gasteiger partial charge >= 0.3 is 0 Å². The summed E-state index contributed by atoms with van der Waals surface area (Å²) in [5.41, 5.74) is 6.67. The Morgan fingerprint density at radius 2 is 1.68 bits per heavy atom. The molecule has 9 heteroatoms. The van der Waals surface area contributed by atoms with E-state index in [0.29, 0.717) is 5.00 Å². The first kappa shape index (κ1) is 22.7. The van der Waals surface area contributed by atoms with Crippen LogP contribution in [0, 0.1) is 0 Å². The van der Waals surface area contributed by atoms with Crippen molar-refractivity contribution in [2.75, 3.05) is 5.32 Å². The number of hydrogen-bond acceptors (Lipinski definition) is 5. The first-order valence-electron chi connectivity index (χ1n) is 9.54. The van der Waals surface area contributed by atoms with E-state index in [-0.39, 0.29) is 28.6 Å². The number of nitrogens with one attached hydrogen (secondary N) is 1. The van der Waals surface area contributed by atoms with E-state index in [9.17, 15) is 18.0 Å². The maximum absolute atomic E-state index is 13.2. The molecule has 0 fully saturated rings. The van der Waals surface area contributed by atoms with E-state index in [0.717, 1.165) is 5.56 Å². The van der Waals surface area contributed by atoms with Crippen molar-refractivity contribution >= 4 is 38.2 Å². The van der Waals surface area contributed by atoms with E-state index in [1.807, 2.05) is 44.2 Å². The Morgan fingerprint density at radius 3 is 2.26 bits per heavy atom. The van der Waals surface area contributed by atoms with Gasteiger partial charge in [-0.3, -0.25) is 9.59 Å². The van der Waals surface area contributed by atoms with Gasteiger partial charge in [-0.2, -0.15) is 4.31 Å². The highest BCUT2D eigenvalue weighted by molar-refractivity contribution is 7.89. The third-order valence-electron chi connectivity index (χ3n) is 4.64. The molecule has 0 aliphatic heterocycles. The molecular formula is C22H23N3O4S2. The minimum atomic E-state index is -3.77. The van der Waals surface area contributed by atoms with E-state index in [2.05, 4.69) is 5.32 Å². The van der Waals surface area contributed by atoms with Crippen LogP contribution in [0.1, 0.15) is 40.1 Å². The SMILES string of the molecule is CC(C)N(Cc1ccccc1)S(=O)(=O)c1ccc(C(=O)Nc2sccc2C(N)=O)cc1. The molecule has 0 unspecified atom stereocenters. The molecule has 162 valence electrons. The fourth-order valence-electron chi connectivity index (χ4n) is 3.00. The van der Waals surface area contributed by atoms with E-state index >= 15 is 0 Å². The second kappa shape index (κ2) is 9.42. The van der Waals surface area contributed by atoms with Gasteiger partial charge < -0.3 is 11.1 Å². The Morgan fingerprint density at radius 1 is 1.03 bits per heavy atom. The Kier molecular flexibility index (Phi) is 6.89. The first-order valence-corrected chi connectivity index (χ1v) is 11.9.